The van der Waals surface area contributed by atoms with Gasteiger partial charge in [-0.25, -0.2) is 4.79 Å². The summed E-state index contributed by atoms with van der Waals surface area (Å²) in [4.78, 5) is 53.5. The van der Waals surface area contributed by atoms with Crippen molar-refractivity contribution in [2.24, 2.45) is 18.9 Å². The first kappa shape index (κ1) is 27.1. The van der Waals surface area contributed by atoms with E-state index in [0.717, 1.165) is 42.5 Å². The standard InChI is InChI=1S/C26H34N4O6.H2S/c1-27-20-8-7-19(35-2)15-21(20)30(26(27)34)16-17-3-5-18(6-4-17)24(32)28-11-13-29(14-12-28)25(33)22-9-10-23(31)36-22;/h7-8,15,17-18,22H,3-6,9-14,16H2,1-2H3;1H2/t17?,18?,22-;/m0./s1. The second-order valence-corrected chi connectivity index (χ2v) is 10.2. The van der Waals surface area contributed by atoms with Crippen molar-refractivity contribution in [2.75, 3.05) is 33.3 Å². The highest BCUT2D eigenvalue weighted by Gasteiger charge is 2.36. The first-order chi connectivity index (χ1) is 17.4. The van der Waals surface area contributed by atoms with Gasteiger partial charge in [0.1, 0.15) is 5.75 Å². The second kappa shape index (κ2) is 11.2. The molecule has 0 unspecified atom stereocenters. The minimum Gasteiger partial charge on any atom is -0.497 e. The lowest BCUT2D eigenvalue weighted by Gasteiger charge is -2.38. The molecular formula is C26H36N4O6S. The summed E-state index contributed by atoms with van der Waals surface area (Å²) < 4.78 is 14.0. The number of fused-ring (bicyclic) bond motifs is 1. The molecule has 2 aliphatic heterocycles. The number of imidazole rings is 1. The Morgan fingerprint density at radius 3 is 2.19 bits per heavy atom. The number of rotatable bonds is 5. The highest BCUT2D eigenvalue weighted by molar-refractivity contribution is 7.59. The van der Waals surface area contributed by atoms with E-state index >= 15 is 0 Å². The van der Waals surface area contributed by atoms with Crippen molar-refractivity contribution in [3.8, 4) is 5.75 Å². The summed E-state index contributed by atoms with van der Waals surface area (Å²) in [6, 6.07) is 5.68. The zero-order chi connectivity index (χ0) is 25.4. The molecule has 2 saturated heterocycles. The predicted molar refractivity (Wildman–Crippen MR) is 142 cm³/mol. The molecule has 10 nitrogen and oxygen atoms in total. The van der Waals surface area contributed by atoms with E-state index in [1.807, 2.05) is 27.7 Å². The number of hydrogen-bond acceptors (Lipinski definition) is 6. The van der Waals surface area contributed by atoms with Crippen LogP contribution >= 0.6 is 13.5 Å². The minimum atomic E-state index is -0.662. The van der Waals surface area contributed by atoms with Gasteiger partial charge in [-0.3, -0.25) is 23.5 Å². The maximum Gasteiger partial charge on any atom is 0.328 e. The van der Waals surface area contributed by atoms with Crippen LogP contribution in [0.2, 0.25) is 0 Å². The van der Waals surface area contributed by atoms with Crippen LogP contribution in [0.1, 0.15) is 38.5 Å². The van der Waals surface area contributed by atoms with Crippen molar-refractivity contribution in [3.63, 3.8) is 0 Å². The molecule has 1 aromatic heterocycles. The summed E-state index contributed by atoms with van der Waals surface area (Å²) in [6.45, 7) is 2.61. The van der Waals surface area contributed by atoms with Crippen LogP contribution in [0.25, 0.3) is 11.0 Å². The first-order valence-electron chi connectivity index (χ1n) is 12.9. The van der Waals surface area contributed by atoms with Gasteiger partial charge in [0.05, 0.1) is 18.1 Å². The van der Waals surface area contributed by atoms with E-state index in [9.17, 15) is 19.2 Å². The van der Waals surface area contributed by atoms with Crippen LogP contribution in [0, 0.1) is 11.8 Å². The van der Waals surface area contributed by atoms with Gasteiger partial charge in [0.15, 0.2) is 6.10 Å². The summed E-state index contributed by atoms with van der Waals surface area (Å²) in [6.07, 6.45) is 3.49. The maximum atomic E-state index is 13.2. The number of carbonyl (C=O) groups is 3. The minimum absolute atomic E-state index is 0. The lowest BCUT2D eigenvalue weighted by molar-refractivity contribution is -0.155. The van der Waals surface area contributed by atoms with Crippen LogP contribution in [-0.4, -0.2) is 76.1 Å². The lowest BCUT2D eigenvalue weighted by atomic mass is 9.81. The predicted octanol–water partition coefficient (Wildman–Crippen LogP) is 1.64. The molecule has 1 saturated carbocycles. The molecule has 2 amide bonds. The van der Waals surface area contributed by atoms with E-state index in [1.165, 1.54) is 0 Å². The van der Waals surface area contributed by atoms with Crippen LogP contribution in [0.4, 0.5) is 0 Å². The first-order valence-corrected chi connectivity index (χ1v) is 12.9. The number of piperazine rings is 1. The van der Waals surface area contributed by atoms with Gasteiger partial charge in [0.25, 0.3) is 5.91 Å². The van der Waals surface area contributed by atoms with Gasteiger partial charge in [0, 0.05) is 64.6 Å². The molecule has 37 heavy (non-hydrogen) atoms. The molecule has 5 rings (SSSR count). The number of esters is 1. The molecular weight excluding hydrogens is 496 g/mol. The van der Waals surface area contributed by atoms with E-state index in [0.29, 0.717) is 51.5 Å². The van der Waals surface area contributed by atoms with E-state index in [2.05, 4.69) is 0 Å². The average molecular weight is 533 g/mol. The molecule has 1 atom stereocenters. The Balaban J connectivity index is 0.00000320. The second-order valence-electron chi connectivity index (χ2n) is 10.2. The Morgan fingerprint density at radius 2 is 1.59 bits per heavy atom. The lowest BCUT2D eigenvalue weighted by Crippen LogP contribution is -2.54. The average Bonchev–Trinajstić information content (AvgIpc) is 3.45. The number of ether oxygens (including phenoxy) is 2. The fourth-order valence-electron chi connectivity index (χ4n) is 5.85. The highest BCUT2D eigenvalue weighted by atomic mass is 32.1. The third-order valence-electron chi connectivity index (χ3n) is 8.05. The zero-order valence-corrected chi connectivity index (χ0v) is 22.5. The quantitative estimate of drug-likeness (QED) is 0.543. The molecule has 0 N–H and O–H groups in total. The summed E-state index contributed by atoms with van der Waals surface area (Å²) in [7, 11) is 3.41. The van der Waals surface area contributed by atoms with E-state index in [-0.39, 0.29) is 42.9 Å². The van der Waals surface area contributed by atoms with Crippen molar-refractivity contribution in [2.45, 2.75) is 51.2 Å². The summed E-state index contributed by atoms with van der Waals surface area (Å²) in [5, 5.41) is 0. The molecule has 3 heterocycles. The Kier molecular flexibility index (Phi) is 8.20. The van der Waals surface area contributed by atoms with E-state index in [4.69, 9.17) is 9.47 Å². The number of aromatic nitrogens is 2. The van der Waals surface area contributed by atoms with Crippen LogP contribution in [0.5, 0.6) is 5.75 Å². The summed E-state index contributed by atoms with van der Waals surface area (Å²) >= 11 is 0. The number of benzene rings is 1. The van der Waals surface area contributed by atoms with Gasteiger partial charge in [-0.2, -0.15) is 13.5 Å². The molecule has 3 aliphatic rings. The molecule has 1 aliphatic carbocycles. The van der Waals surface area contributed by atoms with Gasteiger partial charge in [-0.1, -0.05) is 0 Å². The molecule has 2 aromatic rings. The molecule has 11 heteroatoms. The number of cyclic esters (lactones) is 1. The number of methoxy groups -OCH3 is 1. The number of aryl methyl sites for hydroxylation is 1. The third-order valence-corrected chi connectivity index (χ3v) is 8.05. The van der Waals surface area contributed by atoms with Crippen molar-refractivity contribution >= 4 is 42.3 Å². The number of amides is 2. The molecule has 202 valence electrons. The van der Waals surface area contributed by atoms with Crippen LogP contribution < -0.4 is 10.4 Å². The van der Waals surface area contributed by atoms with Crippen molar-refractivity contribution in [1.82, 2.24) is 18.9 Å². The monoisotopic (exact) mass is 532 g/mol. The Labute approximate surface area is 222 Å². The van der Waals surface area contributed by atoms with E-state index < -0.39 is 6.10 Å². The van der Waals surface area contributed by atoms with Gasteiger partial charge in [0.2, 0.25) is 5.91 Å². The van der Waals surface area contributed by atoms with Crippen LogP contribution in [0.3, 0.4) is 0 Å². The number of nitrogens with zero attached hydrogens (tertiary/aromatic N) is 4. The third kappa shape index (κ3) is 5.37. The fraction of sp³-hybridized carbons (Fsp3) is 0.615. The molecule has 0 bridgehead atoms. The Morgan fingerprint density at radius 1 is 0.946 bits per heavy atom. The number of carbonyl (C=O) groups excluding carboxylic acids is 3. The molecule has 0 radical (unpaired) electrons. The molecule has 3 fully saturated rings. The molecule has 0 spiro atoms. The van der Waals surface area contributed by atoms with Crippen molar-refractivity contribution in [1.29, 1.82) is 0 Å². The van der Waals surface area contributed by atoms with Gasteiger partial charge >= 0.3 is 11.7 Å². The SMILES string of the molecule is COc1ccc2c(c1)n(CC1CCC(C(=O)N3CCN(C(=O)[C@@H]4CCC(=O)O4)CC3)CC1)c(=O)n2C.S. The smallest absolute Gasteiger partial charge is 0.328 e. The zero-order valence-electron chi connectivity index (χ0n) is 21.5. The fourth-order valence-corrected chi connectivity index (χ4v) is 5.85. The summed E-state index contributed by atoms with van der Waals surface area (Å²) in [5.74, 6) is 0.760. The topological polar surface area (TPSA) is 103 Å². The number of hydrogen-bond donors (Lipinski definition) is 0. The Bertz CT molecular complexity index is 1220. The maximum absolute atomic E-state index is 13.2. The van der Waals surface area contributed by atoms with Gasteiger partial charge in [-0.15, -0.1) is 0 Å². The normalized spacial score (nSPS) is 24.1. The molecule has 1 aromatic carbocycles. The van der Waals surface area contributed by atoms with Gasteiger partial charge in [-0.05, 0) is 43.7 Å². The van der Waals surface area contributed by atoms with Gasteiger partial charge < -0.3 is 19.3 Å². The summed E-state index contributed by atoms with van der Waals surface area (Å²) in [5.41, 5.74) is 1.73. The van der Waals surface area contributed by atoms with Crippen LogP contribution in [0.15, 0.2) is 23.0 Å². The van der Waals surface area contributed by atoms with Crippen molar-refractivity contribution in [3.05, 3.63) is 28.7 Å². The van der Waals surface area contributed by atoms with E-state index in [1.54, 1.807) is 23.6 Å². The largest absolute Gasteiger partial charge is 0.497 e. The van der Waals surface area contributed by atoms with Crippen molar-refractivity contribution < 1.29 is 23.9 Å². The Hall–Kier alpha value is -2.95. The highest BCUT2D eigenvalue weighted by Crippen LogP contribution is 2.32. The van der Waals surface area contributed by atoms with Crippen LogP contribution in [-0.2, 0) is 32.7 Å².